The van der Waals surface area contributed by atoms with Gasteiger partial charge in [0.1, 0.15) is 36.4 Å². The molecule has 0 aromatic heterocycles. The number of hydrogen-bond acceptors (Lipinski definition) is 6. The van der Waals surface area contributed by atoms with E-state index in [1.54, 1.807) is 68.4 Å². The van der Waals surface area contributed by atoms with Gasteiger partial charge in [-0.1, -0.05) is 69.3 Å². The number of benzene rings is 3. The molecule has 4 unspecified atom stereocenters. The van der Waals surface area contributed by atoms with Gasteiger partial charge in [-0.25, -0.2) is 14.1 Å². The summed E-state index contributed by atoms with van der Waals surface area (Å²) in [5.41, 5.74) is 1.80. The van der Waals surface area contributed by atoms with Crippen molar-refractivity contribution in [2.75, 3.05) is 18.5 Å². The third kappa shape index (κ3) is 7.47. The number of imide groups is 1. The highest BCUT2D eigenvalue weighted by Gasteiger charge is 2.47. The van der Waals surface area contributed by atoms with Crippen LogP contribution in [-0.4, -0.2) is 58.3 Å². The number of hydrogen-bond donors (Lipinski definition) is 4. The first-order valence-corrected chi connectivity index (χ1v) is 13.5. The molecule has 4 amide bonds. The minimum absolute atomic E-state index is 0.0543. The first-order chi connectivity index (χ1) is 19.7. The predicted molar refractivity (Wildman–Crippen MR) is 153 cm³/mol. The van der Waals surface area contributed by atoms with E-state index in [0.717, 1.165) is 10.5 Å². The fraction of sp³-hybridized carbons (Fsp3) is 0.323. The summed E-state index contributed by atoms with van der Waals surface area (Å²) in [7, 11) is 0. The van der Waals surface area contributed by atoms with Gasteiger partial charge in [0.2, 0.25) is 5.91 Å². The van der Waals surface area contributed by atoms with Gasteiger partial charge in [0.05, 0.1) is 12.3 Å². The fourth-order valence-electron chi connectivity index (χ4n) is 4.42. The number of halogens is 1. The van der Waals surface area contributed by atoms with Crippen LogP contribution in [0, 0.1) is 12.7 Å². The van der Waals surface area contributed by atoms with Gasteiger partial charge in [0.25, 0.3) is 5.91 Å². The van der Waals surface area contributed by atoms with Crippen LogP contribution in [0.3, 0.4) is 0 Å². The van der Waals surface area contributed by atoms with Crippen LogP contribution in [0.25, 0.3) is 0 Å². The number of nitrogens with zero attached hydrogens (tertiary/aromatic N) is 1. The zero-order chi connectivity index (χ0) is 30.1. The number of amides is 4. The van der Waals surface area contributed by atoms with Gasteiger partial charge >= 0.3 is 6.03 Å². The van der Waals surface area contributed by atoms with E-state index in [2.05, 4.69) is 10.6 Å². The van der Waals surface area contributed by atoms with Crippen molar-refractivity contribution in [3.05, 3.63) is 95.3 Å². The first-order valence-electron chi connectivity index (χ1n) is 13.5. The Labute approximate surface area is 239 Å². The summed E-state index contributed by atoms with van der Waals surface area (Å²) in [6.07, 6.45) is -1.03. The molecule has 0 aliphatic carbocycles. The van der Waals surface area contributed by atoms with E-state index >= 15 is 0 Å². The molecule has 1 heterocycles. The van der Waals surface area contributed by atoms with E-state index in [0.29, 0.717) is 16.9 Å². The number of nitrogens with one attached hydrogen (secondary N) is 2. The molecule has 3 aromatic carbocycles. The minimum Gasteiger partial charge on any atom is -0.491 e. The number of aryl methyl sites for hydroxylation is 1. The maximum atomic E-state index is 14.6. The smallest absolute Gasteiger partial charge is 0.325 e. The van der Waals surface area contributed by atoms with E-state index in [9.17, 15) is 23.9 Å². The molecule has 1 aliphatic heterocycles. The number of urea groups is 1. The van der Waals surface area contributed by atoms with E-state index < -0.39 is 54.4 Å². The maximum absolute atomic E-state index is 14.6. The number of rotatable bonds is 10. The highest BCUT2D eigenvalue weighted by Crippen LogP contribution is 2.32. The highest BCUT2D eigenvalue weighted by atomic mass is 19.1. The second-order valence-corrected chi connectivity index (χ2v) is 9.42. The average molecular weight is 566 g/mol. The summed E-state index contributed by atoms with van der Waals surface area (Å²) in [5.74, 6) is -2.17. The van der Waals surface area contributed by atoms with Crippen molar-refractivity contribution in [2.24, 2.45) is 0 Å². The van der Waals surface area contributed by atoms with Crippen molar-refractivity contribution in [3.63, 3.8) is 0 Å². The lowest BCUT2D eigenvalue weighted by Gasteiger charge is -2.30. The molecule has 1 fully saturated rings. The Balaban J connectivity index is 0.00000226. The van der Waals surface area contributed by atoms with Gasteiger partial charge in [-0.3, -0.25) is 9.59 Å². The molecule has 9 nitrogen and oxygen atoms in total. The van der Waals surface area contributed by atoms with Crippen molar-refractivity contribution in [1.29, 1.82) is 0 Å². The first kappa shape index (κ1) is 31.3. The Kier molecular flexibility index (Phi) is 11.0. The molecule has 3 aromatic rings. The molecule has 1 saturated heterocycles. The van der Waals surface area contributed by atoms with Crippen LogP contribution in [0.4, 0.5) is 14.9 Å². The average Bonchev–Trinajstić information content (AvgIpc) is 3.28. The highest BCUT2D eigenvalue weighted by molar-refractivity contribution is 6.10. The van der Waals surface area contributed by atoms with Crippen molar-refractivity contribution >= 4 is 23.5 Å². The van der Waals surface area contributed by atoms with Gasteiger partial charge in [0.15, 0.2) is 0 Å². The van der Waals surface area contributed by atoms with Gasteiger partial charge in [-0.15, -0.1) is 0 Å². The Morgan fingerprint density at radius 1 is 1.07 bits per heavy atom. The Morgan fingerprint density at radius 3 is 2.34 bits per heavy atom. The van der Waals surface area contributed by atoms with E-state index in [1.807, 2.05) is 19.9 Å². The quantitative estimate of drug-likeness (QED) is 0.272. The molecule has 218 valence electrons. The summed E-state index contributed by atoms with van der Waals surface area (Å²) in [6, 6.07) is 16.6. The van der Waals surface area contributed by atoms with Crippen LogP contribution in [0.5, 0.6) is 5.75 Å². The summed E-state index contributed by atoms with van der Waals surface area (Å²) >= 11 is 0. The van der Waals surface area contributed by atoms with Gasteiger partial charge < -0.3 is 25.6 Å². The summed E-state index contributed by atoms with van der Waals surface area (Å²) in [4.78, 5) is 41.2. The summed E-state index contributed by atoms with van der Waals surface area (Å²) < 4.78 is 19.9. The third-order valence-electron chi connectivity index (χ3n) is 6.57. The van der Waals surface area contributed by atoms with E-state index in [1.165, 1.54) is 12.1 Å². The van der Waals surface area contributed by atoms with E-state index in [4.69, 9.17) is 9.84 Å². The standard InChI is InChI=1S/C29H30FN3O6.C2H6/c1-17-8-13-24(23(30)14-17)31-27(36)26(18(2)19-6-4-3-5-7-19)33-28(37)25(32-29(33)38)20-9-11-22(12-10-20)39-16-21(35)15-34;1-2/h3-14,18,21,25-26,34-35H,15-16H2,1-2H3,(H,31,36)(H,32,38);1-2H3. The summed E-state index contributed by atoms with van der Waals surface area (Å²) in [6.45, 7) is 6.90. The molecular weight excluding hydrogens is 529 g/mol. The predicted octanol–water partition coefficient (Wildman–Crippen LogP) is 4.30. The zero-order valence-electron chi connectivity index (χ0n) is 23.5. The molecule has 0 radical (unpaired) electrons. The normalized spacial score (nSPS) is 16.7. The SMILES string of the molecule is CC.Cc1ccc(NC(=O)C(C(C)c2ccccc2)N2C(=O)NC(c3ccc(OCC(O)CO)cc3)C2=O)c(F)c1. The number of carbonyl (C=O) groups is 3. The van der Waals surface area contributed by atoms with Gasteiger partial charge in [0, 0.05) is 5.92 Å². The molecule has 4 rings (SSSR count). The second kappa shape index (κ2) is 14.4. The van der Waals surface area contributed by atoms with Crippen LogP contribution < -0.4 is 15.4 Å². The van der Waals surface area contributed by atoms with Crippen LogP contribution in [-0.2, 0) is 9.59 Å². The topological polar surface area (TPSA) is 128 Å². The third-order valence-corrected chi connectivity index (χ3v) is 6.57. The monoisotopic (exact) mass is 565 g/mol. The zero-order valence-corrected chi connectivity index (χ0v) is 23.5. The number of anilines is 1. The van der Waals surface area contributed by atoms with Crippen LogP contribution in [0.2, 0.25) is 0 Å². The number of aliphatic hydroxyl groups is 2. The van der Waals surface area contributed by atoms with Crippen LogP contribution in [0.15, 0.2) is 72.8 Å². The lowest BCUT2D eigenvalue weighted by atomic mass is 9.91. The molecule has 0 saturated carbocycles. The van der Waals surface area contributed by atoms with Gasteiger partial charge in [-0.05, 0) is 47.9 Å². The molecule has 41 heavy (non-hydrogen) atoms. The van der Waals surface area contributed by atoms with Crippen LogP contribution >= 0.6 is 0 Å². The minimum atomic E-state index is -1.27. The van der Waals surface area contributed by atoms with Crippen molar-refractivity contribution in [2.45, 2.75) is 51.8 Å². The lowest BCUT2D eigenvalue weighted by Crippen LogP contribution is -2.50. The Morgan fingerprint density at radius 2 is 1.73 bits per heavy atom. The molecule has 10 heteroatoms. The lowest BCUT2D eigenvalue weighted by molar-refractivity contribution is -0.134. The number of ether oxygens (including phenoxy) is 1. The molecule has 4 atom stereocenters. The van der Waals surface area contributed by atoms with Crippen molar-refractivity contribution in [3.8, 4) is 5.75 Å². The van der Waals surface area contributed by atoms with Gasteiger partial charge in [-0.2, -0.15) is 0 Å². The van der Waals surface area contributed by atoms with Crippen LogP contribution in [0.1, 0.15) is 49.4 Å². The summed E-state index contributed by atoms with van der Waals surface area (Å²) in [5, 5.41) is 23.6. The molecular formula is C31H36FN3O6. The molecule has 0 bridgehead atoms. The number of aliphatic hydroxyl groups excluding tert-OH is 2. The fourth-order valence-corrected chi connectivity index (χ4v) is 4.42. The molecule has 4 N–H and O–H groups in total. The van der Waals surface area contributed by atoms with Crippen molar-refractivity contribution < 1.29 is 33.7 Å². The second-order valence-electron chi connectivity index (χ2n) is 9.42. The Bertz CT molecular complexity index is 1340. The van der Waals surface area contributed by atoms with Crippen molar-refractivity contribution in [1.82, 2.24) is 10.2 Å². The number of carbonyl (C=O) groups excluding carboxylic acids is 3. The molecule has 0 spiro atoms. The largest absolute Gasteiger partial charge is 0.491 e. The van der Waals surface area contributed by atoms with E-state index in [-0.39, 0.29) is 12.3 Å². The Hall–Kier alpha value is -4.28. The molecule has 1 aliphatic rings. The maximum Gasteiger partial charge on any atom is 0.325 e.